The van der Waals surface area contributed by atoms with Gasteiger partial charge in [-0.15, -0.1) is 0 Å². The Kier molecular flexibility index (Phi) is 4.45. The molecule has 2 aromatic carbocycles. The minimum atomic E-state index is -0.225. The summed E-state index contributed by atoms with van der Waals surface area (Å²) in [6.45, 7) is 1.29. The molecule has 0 saturated carbocycles. The van der Waals surface area contributed by atoms with E-state index in [9.17, 15) is 10.1 Å². The molecule has 1 heterocycles. The SMILES string of the molecule is CN(C)CCn1c(=O)c(C#N)c(-c2ccccc2)c2ccccc21. The van der Waals surface area contributed by atoms with E-state index in [0.717, 1.165) is 28.6 Å². The van der Waals surface area contributed by atoms with Crippen molar-refractivity contribution in [2.75, 3.05) is 20.6 Å². The van der Waals surface area contributed by atoms with Gasteiger partial charge in [0.15, 0.2) is 0 Å². The first-order valence-electron chi connectivity index (χ1n) is 7.89. The highest BCUT2D eigenvalue weighted by Crippen LogP contribution is 2.30. The fourth-order valence-corrected chi connectivity index (χ4v) is 2.94. The van der Waals surface area contributed by atoms with Gasteiger partial charge in [0.25, 0.3) is 5.56 Å². The van der Waals surface area contributed by atoms with Crippen molar-refractivity contribution in [2.45, 2.75) is 6.54 Å². The minimum Gasteiger partial charge on any atom is -0.308 e. The van der Waals surface area contributed by atoms with Gasteiger partial charge in [-0.1, -0.05) is 48.5 Å². The maximum atomic E-state index is 12.9. The molecule has 0 aliphatic rings. The first kappa shape index (κ1) is 16.0. The molecule has 3 aromatic rings. The summed E-state index contributed by atoms with van der Waals surface area (Å²) in [5.74, 6) is 0. The van der Waals surface area contributed by atoms with E-state index in [0.29, 0.717) is 6.54 Å². The standard InChI is InChI=1S/C20H19N3O/c1-22(2)12-13-23-18-11-7-6-10-16(18)19(17(14-21)20(23)24)15-8-4-3-5-9-15/h3-11H,12-13H2,1-2H3. The van der Waals surface area contributed by atoms with Crippen LogP contribution in [0.15, 0.2) is 59.4 Å². The maximum absolute atomic E-state index is 12.9. The zero-order valence-corrected chi connectivity index (χ0v) is 13.9. The number of para-hydroxylation sites is 1. The Hall–Kier alpha value is -2.90. The van der Waals surface area contributed by atoms with E-state index in [2.05, 4.69) is 6.07 Å². The van der Waals surface area contributed by atoms with E-state index in [-0.39, 0.29) is 11.1 Å². The highest BCUT2D eigenvalue weighted by atomic mass is 16.1. The second-order valence-electron chi connectivity index (χ2n) is 6.01. The molecule has 0 amide bonds. The Morgan fingerprint density at radius 1 is 1.04 bits per heavy atom. The smallest absolute Gasteiger partial charge is 0.269 e. The quantitative estimate of drug-likeness (QED) is 0.743. The van der Waals surface area contributed by atoms with Crippen LogP contribution in [-0.2, 0) is 6.54 Å². The number of hydrogen-bond acceptors (Lipinski definition) is 3. The van der Waals surface area contributed by atoms with Crippen LogP contribution < -0.4 is 5.56 Å². The first-order chi connectivity index (χ1) is 11.6. The molecule has 0 atom stereocenters. The summed E-state index contributed by atoms with van der Waals surface area (Å²) in [6, 6.07) is 19.6. The molecule has 0 aliphatic carbocycles. The summed E-state index contributed by atoms with van der Waals surface area (Å²) in [6.07, 6.45) is 0. The van der Waals surface area contributed by atoms with Gasteiger partial charge in [0.1, 0.15) is 11.6 Å². The van der Waals surface area contributed by atoms with Crippen LogP contribution in [0.3, 0.4) is 0 Å². The normalized spacial score (nSPS) is 10.9. The second-order valence-corrected chi connectivity index (χ2v) is 6.01. The summed E-state index contributed by atoms with van der Waals surface area (Å²) >= 11 is 0. The number of benzene rings is 2. The molecular formula is C20H19N3O. The highest BCUT2D eigenvalue weighted by Gasteiger charge is 2.17. The first-order valence-corrected chi connectivity index (χ1v) is 7.89. The van der Waals surface area contributed by atoms with Crippen LogP contribution in [0.4, 0.5) is 0 Å². The number of fused-ring (bicyclic) bond motifs is 1. The van der Waals surface area contributed by atoms with Gasteiger partial charge in [-0.25, -0.2) is 0 Å². The Bertz CT molecular complexity index is 966. The van der Waals surface area contributed by atoms with E-state index in [1.165, 1.54) is 0 Å². The molecule has 0 saturated heterocycles. The third-order valence-corrected chi connectivity index (χ3v) is 4.12. The van der Waals surface area contributed by atoms with Crippen molar-refractivity contribution in [2.24, 2.45) is 0 Å². The predicted molar refractivity (Wildman–Crippen MR) is 96.9 cm³/mol. The van der Waals surface area contributed by atoms with E-state index < -0.39 is 0 Å². The zero-order valence-electron chi connectivity index (χ0n) is 13.9. The molecule has 24 heavy (non-hydrogen) atoms. The molecule has 3 rings (SSSR count). The van der Waals surface area contributed by atoms with E-state index in [1.54, 1.807) is 4.57 Å². The molecule has 0 spiro atoms. The van der Waals surface area contributed by atoms with Gasteiger partial charge in [0.2, 0.25) is 0 Å². The summed E-state index contributed by atoms with van der Waals surface area (Å²) in [7, 11) is 3.94. The van der Waals surface area contributed by atoms with Crippen molar-refractivity contribution >= 4 is 10.9 Å². The van der Waals surface area contributed by atoms with Crippen LogP contribution in [0.25, 0.3) is 22.0 Å². The van der Waals surface area contributed by atoms with Crippen molar-refractivity contribution in [1.82, 2.24) is 9.47 Å². The number of rotatable bonds is 4. The molecule has 4 nitrogen and oxygen atoms in total. The van der Waals surface area contributed by atoms with Crippen LogP contribution in [0.1, 0.15) is 5.56 Å². The Balaban J connectivity index is 2.37. The average molecular weight is 317 g/mol. The lowest BCUT2D eigenvalue weighted by molar-refractivity contribution is 0.384. The van der Waals surface area contributed by atoms with E-state index in [1.807, 2.05) is 73.6 Å². The van der Waals surface area contributed by atoms with Gasteiger partial charge in [-0.2, -0.15) is 5.26 Å². The number of pyridine rings is 1. The van der Waals surface area contributed by atoms with Crippen LogP contribution in [0.2, 0.25) is 0 Å². The number of nitrogens with zero attached hydrogens (tertiary/aromatic N) is 3. The summed E-state index contributed by atoms with van der Waals surface area (Å²) in [5.41, 5.74) is 2.46. The molecule has 0 unspecified atom stereocenters. The summed E-state index contributed by atoms with van der Waals surface area (Å²) in [4.78, 5) is 15.0. The number of aromatic nitrogens is 1. The molecule has 4 heteroatoms. The predicted octanol–water partition coefficient (Wildman–Crippen LogP) is 3.10. The minimum absolute atomic E-state index is 0.207. The van der Waals surface area contributed by atoms with Gasteiger partial charge >= 0.3 is 0 Å². The van der Waals surface area contributed by atoms with Crippen LogP contribution in [0.5, 0.6) is 0 Å². The molecule has 0 radical (unpaired) electrons. The van der Waals surface area contributed by atoms with Crippen molar-refractivity contribution < 1.29 is 0 Å². The second kappa shape index (κ2) is 6.69. The van der Waals surface area contributed by atoms with Gasteiger partial charge in [-0.3, -0.25) is 4.79 Å². The van der Waals surface area contributed by atoms with Crippen molar-refractivity contribution in [3.8, 4) is 17.2 Å². The molecule has 0 aliphatic heterocycles. The van der Waals surface area contributed by atoms with Crippen LogP contribution >= 0.6 is 0 Å². The zero-order chi connectivity index (χ0) is 17.1. The fraction of sp³-hybridized carbons (Fsp3) is 0.200. The van der Waals surface area contributed by atoms with Crippen molar-refractivity contribution in [3.63, 3.8) is 0 Å². The molecule has 1 aromatic heterocycles. The van der Waals surface area contributed by atoms with Gasteiger partial charge in [0.05, 0.1) is 5.52 Å². The van der Waals surface area contributed by atoms with Crippen LogP contribution in [0, 0.1) is 11.3 Å². The van der Waals surface area contributed by atoms with Gasteiger partial charge in [-0.05, 0) is 25.7 Å². The molecular weight excluding hydrogens is 298 g/mol. The number of hydrogen-bond donors (Lipinski definition) is 0. The van der Waals surface area contributed by atoms with E-state index in [4.69, 9.17) is 0 Å². The summed E-state index contributed by atoms with van der Waals surface area (Å²) < 4.78 is 1.71. The largest absolute Gasteiger partial charge is 0.308 e. The van der Waals surface area contributed by atoms with Crippen molar-refractivity contribution in [3.05, 3.63) is 70.5 Å². The third-order valence-electron chi connectivity index (χ3n) is 4.12. The molecule has 0 fully saturated rings. The van der Waals surface area contributed by atoms with Crippen LogP contribution in [-0.4, -0.2) is 30.1 Å². The van der Waals surface area contributed by atoms with E-state index >= 15 is 0 Å². The highest BCUT2D eigenvalue weighted by molar-refractivity contribution is 5.97. The van der Waals surface area contributed by atoms with Gasteiger partial charge in [0, 0.05) is 24.0 Å². The topological polar surface area (TPSA) is 49.0 Å². The lowest BCUT2D eigenvalue weighted by atomic mass is 9.96. The summed E-state index contributed by atoms with van der Waals surface area (Å²) in [5, 5.41) is 10.6. The third kappa shape index (κ3) is 2.82. The number of likely N-dealkylation sites (N-methyl/N-ethyl adjacent to an activating group) is 1. The Morgan fingerprint density at radius 3 is 2.38 bits per heavy atom. The van der Waals surface area contributed by atoms with Crippen molar-refractivity contribution in [1.29, 1.82) is 5.26 Å². The molecule has 120 valence electrons. The Morgan fingerprint density at radius 2 is 1.71 bits per heavy atom. The maximum Gasteiger partial charge on any atom is 0.269 e. The monoisotopic (exact) mass is 317 g/mol. The lowest BCUT2D eigenvalue weighted by Crippen LogP contribution is -2.29. The average Bonchev–Trinajstić information content (AvgIpc) is 2.60. The molecule has 0 N–H and O–H groups in total. The lowest BCUT2D eigenvalue weighted by Gasteiger charge is -2.17. The number of nitriles is 1. The van der Waals surface area contributed by atoms with Gasteiger partial charge < -0.3 is 9.47 Å². The Labute approximate surface area is 141 Å². The fourth-order valence-electron chi connectivity index (χ4n) is 2.94. The molecule has 0 bridgehead atoms.